The Labute approximate surface area is 189 Å². The molecule has 156 valence electrons. The monoisotopic (exact) mass is 449 g/mol. The molecule has 0 saturated heterocycles. The van der Waals surface area contributed by atoms with E-state index in [1.54, 1.807) is 25.3 Å². The number of rotatable bonds is 7. The molecule has 0 aliphatic carbocycles. The molecule has 4 rings (SSSR count). The number of carbonyl (C=O) groups is 1. The molecule has 0 atom stereocenters. The zero-order chi connectivity index (χ0) is 21.6. The number of nitrogens with zero attached hydrogens (tertiary/aromatic N) is 2. The van der Waals surface area contributed by atoms with Crippen molar-refractivity contribution in [2.45, 2.75) is 11.4 Å². The van der Waals surface area contributed by atoms with E-state index in [2.05, 4.69) is 17.4 Å². The first-order valence-corrected chi connectivity index (χ1v) is 11.0. The van der Waals surface area contributed by atoms with E-state index in [0.29, 0.717) is 22.9 Å². The maximum absolute atomic E-state index is 12.6. The highest BCUT2D eigenvalue weighted by Gasteiger charge is 2.13. The SMILES string of the molecule is COc1ccc(Cl)cc1NC(=O)CSc1nc(Cc2ccccc2)nc2ccccc12. The molecule has 0 spiro atoms. The molecular weight excluding hydrogens is 430 g/mol. The smallest absolute Gasteiger partial charge is 0.234 e. The number of halogens is 1. The van der Waals surface area contributed by atoms with Crippen molar-refractivity contribution in [3.8, 4) is 5.75 Å². The lowest BCUT2D eigenvalue weighted by Gasteiger charge is -2.11. The van der Waals surface area contributed by atoms with Gasteiger partial charge in [0.1, 0.15) is 16.6 Å². The van der Waals surface area contributed by atoms with Gasteiger partial charge >= 0.3 is 0 Å². The summed E-state index contributed by atoms with van der Waals surface area (Å²) in [7, 11) is 1.55. The molecule has 0 aliphatic rings. The second kappa shape index (κ2) is 9.81. The number of methoxy groups -OCH3 is 1. The maximum Gasteiger partial charge on any atom is 0.234 e. The van der Waals surface area contributed by atoms with E-state index >= 15 is 0 Å². The van der Waals surface area contributed by atoms with E-state index in [9.17, 15) is 4.79 Å². The van der Waals surface area contributed by atoms with Crippen LogP contribution in [0.1, 0.15) is 11.4 Å². The van der Waals surface area contributed by atoms with Crippen molar-refractivity contribution >= 4 is 45.9 Å². The number of para-hydroxylation sites is 1. The van der Waals surface area contributed by atoms with Gasteiger partial charge in [-0.05, 0) is 29.8 Å². The molecule has 4 aromatic rings. The predicted molar refractivity (Wildman–Crippen MR) is 126 cm³/mol. The molecule has 0 aliphatic heterocycles. The van der Waals surface area contributed by atoms with Gasteiger partial charge in [-0.25, -0.2) is 9.97 Å². The standard InChI is InChI=1S/C24H20ClN3O2S/c1-30-21-12-11-17(25)14-20(21)27-23(29)15-31-24-18-9-5-6-10-19(18)26-22(28-24)13-16-7-3-2-4-8-16/h2-12,14H,13,15H2,1H3,(H,27,29). The number of benzene rings is 3. The number of anilines is 1. The third-order valence-electron chi connectivity index (χ3n) is 4.60. The number of thioether (sulfide) groups is 1. The quantitative estimate of drug-likeness (QED) is 0.293. The fourth-order valence-electron chi connectivity index (χ4n) is 3.16. The molecule has 1 heterocycles. The summed E-state index contributed by atoms with van der Waals surface area (Å²) in [5, 5.41) is 5.10. The first-order valence-electron chi connectivity index (χ1n) is 9.68. The summed E-state index contributed by atoms with van der Waals surface area (Å²) in [6.07, 6.45) is 0.630. The van der Waals surface area contributed by atoms with Crippen molar-refractivity contribution in [3.05, 3.63) is 89.2 Å². The van der Waals surface area contributed by atoms with Crippen LogP contribution >= 0.6 is 23.4 Å². The number of ether oxygens (including phenoxy) is 1. The van der Waals surface area contributed by atoms with Gasteiger partial charge in [-0.1, -0.05) is 71.9 Å². The Kier molecular flexibility index (Phi) is 6.70. The number of carbonyl (C=O) groups excluding carboxylic acids is 1. The van der Waals surface area contributed by atoms with E-state index in [1.165, 1.54) is 11.8 Å². The van der Waals surface area contributed by atoms with Crippen LogP contribution in [0.3, 0.4) is 0 Å². The van der Waals surface area contributed by atoms with Gasteiger partial charge < -0.3 is 10.1 Å². The molecular formula is C24H20ClN3O2S. The maximum atomic E-state index is 12.6. The average Bonchev–Trinajstić information content (AvgIpc) is 2.78. The number of hydrogen-bond acceptors (Lipinski definition) is 5. The summed E-state index contributed by atoms with van der Waals surface area (Å²) in [5.41, 5.74) is 2.54. The van der Waals surface area contributed by atoms with Crippen molar-refractivity contribution in [1.82, 2.24) is 9.97 Å². The Morgan fingerprint density at radius 1 is 1.03 bits per heavy atom. The van der Waals surface area contributed by atoms with Crippen molar-refractivity contribution in [3.63, 3.8) is 0 Å². The minimum atomic E-state index is -0.169. The molecule has 3 aromatic carbocycles. The van der Waals surface area contributed by atoms with E-state index in [4.69, 9.17) is 26.3 Å². The predicted octanol–water partition coefficient (Wildman–Crippen LogP) is 5.61. The van der Waals surface area contributed by atoms with Crippen LogP contribution in [0.25, 0.3) is 10.9 Å². The molecule has 1 aromatic heterocycles. The first-order chi connectivity index (χ1) is 15.1. The molecule has 0 unspecified atom stereocenters. The van der Waals surface area contributed by atoms with Crippen LogP contribution in [0.15, 0.2) is 77.8 Å². The fourth-order valence-corrected chi connectivity index (χ4v) is 4.17. The Hall–Kier alpha value is -3.09. The summed E-state index contributed by atoms with van der Waals surface area (Å²) >= 11 is 7.43. The van der Waals surface area contributed by atoms with E-state index in [1.807, 2.05) is 42.5 Å². The fraction of sp³-hybridized carbons (Fsp3) is 0.125. The number of nitrogens with one attached hydrogen (secondary N) is 1. The lowest BCUT2D eigenvalue weighted by molar-refractivity contribution is -0.113. The van der Waals surface area contributed by atoms with E-state index in [0.717, 1.165) is 27.3 Å². The highest BCUT2D eigenvalue weighted by Crippen LogP contribution is 2.29. The van der Waals surface area contributed by atoms with Gasteiger partial charge in [0.05, 0.1) is 24.1 Å². The topological polar surface area (TPSA) is 64.1 Å². The van der Waals surface area contributed by atoms with Gasteiger partial charge in [-0.2, -0.15) is 0 Å². The minimum Gasteiger partial charge on any atom is -0.495 e. The third kappa shape index (κ3) is 5.34. The third-order valence-corrected chi connectivity index (χ3v) is 5.82. The lowest BCUT2D eigenvalue weighted by atomic mass is 10.1. The molecule has 0 radical (unpaired) electrons. The van der Waals surface area contributed by atoms with Gasteiger partial charge in [-0.15, -0.1) is 0 Å². The first kappa shape index (κ1) is 21.2. The largest absolute Gasteiger partial charge is 0.495 e. The second-order valence-electron chi connectivity index (χ2n) is 6.81. The molecule has 0 fully saturated rings. The molecule has 5 nitrogen and oxygen atoms in total. The van der Waals surface area contributed by atoms with Crippen molar-refractivity contribution in [1.29, 1.82) is 0 Å². The van der Waals surface area contributed by atoms with Crippen molar-refractivity contribution in [2.24, 2.45) is 0 Å². The highest BCUT2D eigenvalue weighted by atomic mass is 35.5. The number of aromatic nitrogens is 2. The summed E-state index contributed by atoms with van der Waals surface area (Å²) in [5.74, 6) is 1.31. The zero-order valence-corrected chi connectivity index (χ0v) is 18.4. The Balaban J connectivity index is 1.53. The molecule has 1 N–H and O–H groups in total. The highest BCUT2D eigenvalue weighted by molar-refractivity contribution is 8.00. The van der Waals surface area contributed by atoms with Crippen molar-refractivity contribution in [2.75, 3.05) is 18.2 Å². The van der Waals surface area contributed by atoms with Gasteiger partial charge in [-0.3, -0.25) is 4.79 Å². The van der Waals surface area contributed by atoms with Gasteiger partial charge in [0.15, 0.2) is 0 Å². The number of fused-ring (bicyclic) bond motifs is 1. The lowest BCUT2D eigenvalue weighted by Crippen LogP contribution is -2.15. The van der Waals surface area contributed by atoms with Crippen LogP contribution in [-0.2, 0) is 11.2 Å². The average molecular weight is 450 g/mol. The molecule has 1 amide bonds. The van der Waals surface area contributed by atoms with Crippen molar-refractivity contribution < 1.29 is 9.53 Å². The second-order valence-corrected chi connectivity index (χ2v) is 8.21. The van der Waals surface area contributed by atoms with Gasteiger partial charge in [0.25, 0.3) is 0 Å². The van der Waals surface area contributed by atoms with E-state index in [-0.39, 0.29) is 11.7 Å². The summed E-state index contributed by atoms with van der Waals surface area (Å²) in [6, 6.07) is 23.0. The minimum absolute atomic E-state index is 0.169. The number of hydrogen-bond donors (Lipinski definition) is 1. The van der Waals surface area contributed by atoms with Crippen LogP contribution in [0.5, 0.6) is 5.75 Å². The van der Waals surface area contributed by atoms with Crippen LogP contribution < -0.4 is 10.1 Å². The summed E-state index contributed by atoms with van der Waals surface area (Å²) in [6.45, 7) is 0. The summed E-state index contributed by atoms with van der Waals surface area (Å²) < 4.78 is 5.29. The van der Waals surface area contributed by atoms with Gasteiger partial charge in [0.2, 0.25) is 5.91 Å². The molecule has 0 saturated carbocycles. The van der Waals surface area contributed by atoms with E-state index < -0.39 is 0 Å². The molecule has 31 heavy (non-hydrogen) atoms. The Bertz CT molecular complexity index is 1220. The van der Waals surface area contributed by atoms with Crippen LogP contribution in [0.2, 0.25) is 5.02 Å². The van der Waals surface area contributed by atoms with Crippen LogP contribution in [0.4, 0.5) is 5.69 Å². The molecule has 7 heteroatoms. The van der Waals surface area contributed by atoms with Crippen LogP contribution in [0, 0.1) is 0 Å². The number of amides is 1. The summed E-state index contributed by atoms with van der Waals surface area (Å²) in [4.78, 5) is 22.1. The normalized spacial score (nSPS) is 10.8. The Morgan fingerprint density at radius 3 is 2.61 bits per heavy atom. The molecule has 0 bridgehead atoms. The Morgan fingerprint density at radius 2 is 1.81 bits per heavy atom. The van der Waals surface area contributed by atoms with Crippen LogP contribution in [-0.4, -0.2) is 28.7 Å². The van der Waals surface area contributed by atoms with Gasteiger partial charge in [0, 0.05) is 16.8 Å². The zero-order valence-electron chi connectivity index (χ0n) is 16.8.